The third-order valence-corrected chi connectivity index (χ3v) is 9.03. The zero-order chi connectivity index (χ0) is 35.0. The van der Waals surface area contributed by atoms with E-state index in [0.29, 0.717) is 0 Å². The number of benzene rings is 4. The number of rotatable bonds is 9. The molecule has 3 nitrogen and oxygen atoms in total. The molecule has 0 bridgehead atoms. The van der Waals surface area contributed by atoms with E-state index in [1.165, 1.54) is 16.7 Å². The van der Waals surface area contributed by atoms with Crippen molar-refractivity contribution in [3.8, 4) is 33.8 Å². The van der Waals surface area contributed by atoms with Gasteiger partial charge in [0.1, 0.15) is 0 Å². The summed E-state index contributed by atoms with van der Waals surface area (Å²) >= 11 is 0. The van der Waals surface area contributed by atoms with Crippen molar-refractivity contribution < 1.29 is 0 Å². The molecule has 0 unspecified atom stereocenters. The highest BCUT2D eigenvalue weighted by molar-refractivity contribution is 5.80. The maximum Gasteiger partial charge on any atom is 0.0705 e. The van der Waals surface area contributed by atoms with Crippen LogP contribution in [0.5, 0.6) is 0 Å². The summed E-state index contributed by atoms with van der Waals surface area (Å²) in [6.07, 6.45) is 18.9. The summed E-state index contributed by atoms with van der Waals surface area (Å²) in [7, 11) is 0. The Hall–Kier alpha value is -6.45. The molecule has 0 spiro atoms. The standard InChI is InChI=1S/C48H39N3/c1-34-25-46(40-13-7-4-8-14-40)49-31-43(34)22-19-37-28-38(20-23-44-32-50-47(26-35(44)2)41-15-9-5-10-16-41)30-39(29-37)21-24-45-33-51-48(27-36(45)3)42-17-11-6-12-18-42/h4-33H,1-3H3/b22-19+,23-20+,24-21+. The summed E-state index contributed by atoms with van der Waals surface area (Å²) in [5.74, 6) is 0. The maximum atomic E-state index is 4.77. The summed E-state index contributed by atoms with van der Waals surface area (Å²) in [5.41, 5.74) is 16.4. The molecule has 7 aromatic rings. The average molecular weight is 658 g/mol. The van der Waals surface area contributed by atoms with Crippen LogP contribution in [-0.2, 0) is 0 Å². The molecule has 51 heavy (non-hydrogen) atoms. The second kappa shape index (κ2) is 15.4. The molecule has 0 fully saturated rings. The first-order valence-corrected chi connectivity index (χ1v) is 17.2. The number of pyridine rings is 3. The fraction of sp³-hybridized carbons (Fsp3) is 0.0625. The van der Waals surface area contributed by atoms with E-state index < -0.39 is 0 Å². The molecular formula is C48H39N3. The van der Waals surface area contributed by atoms with Gasteiger partial charge >= 0.3 is 0 Å². The first kappa shape index (κ1) is 33.1. The van der Waals surface area contributed by atoms with Gasteiger partial charge in [0.25, 0.3) is 0 Å². The topological polar surface area (TPSA) is 38.7 Å². The molecule has 0 aliphatic carbocycles. The predicted molar refractivity (Wildman–Crippen MR) is 216 cm³/mol. The van der Waals surface area contributed by atoms with Crippen molar-refractivity contribution >= 4 is 36.5 Å². The van der Waals surface area contributed by atoms with Gasteiger partial charge in [0.15, 0.2) is 0 Å². The fourth-order valence-corrected chi connectivity index (χ4v) is 6.07. The van der Waals surface area contributed by atoms with E-state index in [9.17, 15) is 0 Å². The van der Waals surface area contributed by atoms with Crippen molar-refractivity contribution in [3.63, 3.8) is 0 Å². The van der Waals surface area contributed by atoms with Crippen LogP contribution in [0, 0.1) is 20.8 Å². The van der Waals surface area contributed by atoms with E-state index in [2.05, 4.69) is 130 Å². The molecule has 0 amide bonds. The molecule has 3 aromatic heterocycles. The summed E-state index contributed by atoms with van der Waals surface area (Å²) in [6.45, 7) is 6.42. The van der Waals surface area contributed by atoms with Crippen molar-refractivity contribution in [2.75, 3.05) is 0 Å². The van der Waals surface area contributed by atoms with Gasteiger partial charge in [-0.15, -0.1) is 0 Å². The molecule has 3 heteroatoms. The number of hydrogen-bond donors (Lipinski definition) is 0. The lowest BCUT2D eigenvalue weighted by molar-refractivity contribution is 1.27. The highest BCUT2D eigenvalue weighted by Crippen LogP contribution is 2.25. The van der Waals surface area contributed by atoms with Crippen LogP contribution in [0.25, 0.3) is 70.2 Å². The average Bonchev–Trinajstić information content (AvgIpc) is 3.17. The molecule has 7 rings (SSSR count). The van der Waals surface area contributed by atoms with Crippen molar-refractivity contribution in [3.05, 3.63) is 196 Å². The lowest BCUT2D eigenvalue weighted by Crippen LogP contribution is -1.89. The first-order chi connectivity index (χ1) is 25.0. The molecule has 0 radical (unpaired) electrons. The second-order valence-electron chi connectivity index (χ2n) is 12.8. The molecule has 0 saturated carbocycles. The van der Waals surface area contributed by atoms with E-state index in [1.54, 1.807) is 0 Å². The van der Waals surface area contributed by atoms with Crippen LogP contribution in [0.4, 0.5) is 0 Å². The Kier molecular flexibility index (Phi) is 9.99. The lowest BCUT2D eigenvalue weighted by Gasteiger charge is -2.07. The Labute approximate surface area is 301 Å². The molecule has 0 N–H and O–H groups in total. The van der Waals surface area contributed by atoms with Crippen LogP contribution >= 0.6 is 0 Å². The minimum absolute atomic E-state index is 0.980. The van der Waals surface area contributed by atoms with E-state index in [4.69, 9.17) is 15.0 Å². The molecule has 0 aliphatic rings. The van der Waals surface area contributed by atoms with Crippen LogP contribution < -0.4 is 0 Å². The quantitative estimate of drug-likeness (QED) is 0.155. The minimum Gasteiger partial charge on any atom is -0.256 e. The zero-order valence-electron chi connectivity index (χ0n) is 29.2. The van der Waals surface area contributed by atoms with Gasteiger partial charge in [-0.25, -0.2) is 0 Å². The largest absolute Gasteiger partial charge is 0.256 e. The van der Waals surface area contributed by atoms with Gasteiger partial charge in [-0.3, -0.25) is 15.0 Å². The van der Waals surface area contributed by atoms with Crippen LogP contribution in [0.3, 0.4) is 0 Å². The molecule has 4 aromatic carbocycles. The van der Waals surface area contributed by atoms with Gasteiger partial charge in [-0.1, -0.05) is 127 Å². The monoisotopic (exact) mass is 657 g/mol. The number of hydrogen-bond acceptors (Lipinski definition) is 3. The summed E-state index contributed by atoms with van der Waals surface area (Å²) in [4.78, 5) is 14.3. The summed E-state index contributed by atoms with van der Waals surface area (Å²) in [6, 6.07) is 44.0. The molecule has 0 saturated heterocycles. The number of aromatic nitrogens is 3. The molecule has 0 aliphatic heterocycles. The van der Waals surface area contributed by atoms with Crippen molar-refractivity contribution in [2.45, 2.75) is 20.8 Å². The van der Waals surface area contributed by atoms with Crippen LogP contribution in [0.15, 0.2) is 146 Å². The third kappa shape index (κ3) is 8.24. The van der Waals surface area contributed by atoms with Crippen molar-refractivity contribution in [1.82, 2.24) is 15.0 Å². The van der Waals surface area contributed by atoms with Gasteiger partial charge in [-0.2, -0.15) is 0 Å². The van der Waals surface area contributed by atoms with Crippen LogP contribution in [-0.4, -0.2) is 15.0 Å². The third-order valence-electron chi connectivity index (χ3n) is 9.03. The van der Waals surface area contributed by atoms with Crippen molar-refractivity contribution in [2.24, 2.45) is 0 Å². The molecular weight excluding hydrogens is 619 g/mol. The maximum absolute atomic E-state index is 4.77. The second-order valence-corrected chi connectivity index (χ2v) is 12.8. The van der Waals surface area contributed by atoms with Gasteiger partial charge in [0, 0.05) is 35.3 Å². The Morgan fingerprint density at radius 1 is 0.333 bits per heavy atom. The van der Waals surface area contributed by atoms with Gasteiger partial charge < -0.3 is 0 Å². The molecule has 3 heterocycles. The van der Waals surface area contributed by atoms with E-state index >= 15 is 0 Å². The Morgan fingerprint density at radius 3 is 0.863 bits per heavy atom. The van der Waals surface area contributed by atoms with Gasteiger partial charge in [0.2, 0.25) is 0 Å². The van der Waals surface area contributed by atoms with Crippen molar-refractivity contribution in [1.29, 1.82) is 0 Å². The SMILES string of the molecule is Cc1cc(-c2ccccc2)ncc1/C=C/c1cc(/C=C/c2cnc(-c3ccccc3)cc2C)cc(/C=C/c2cnc(-c3ccccc3)cc2C)c1. The number of nitrogens with zero attached hydrogens (tertiary/aromatic N) is 3. The highest BCUT2D eigenvalue weighted by atomic mass is 14.7. The molecule has 246 valence electrons. The van der Waals surface area contributed by atoms with E-state index in [1.807, 2.05) is 73.2 Å². The fourth-order valence-electron chi connectivity index (χ4n) is 6.07. The summed E-state index contributed by atoms with van der Waals surface area (Å²) < 4.78 is 0. The van der Waals surface area contributed by atoms with E-state index in [-0.39, 0.29) is 0 Å². The summed E-state index contributed by atoms with van der Waals surface area (Å²) in [5, 5.41) is 0. The van der Waals surface area contributed by atoms with Crippen LogP contribution in [0.1, 0.15) is 50.1 Å². The first-order valence-electron chi connectivity index (χ1n) is 17.2. The van der Waals surface area contributed by atoms with Crippen LogP contribution in [0.2, 0.25) is 0 Å². The Bertz CT molecular complexity index is 2090. The lowest BCUT2D eigenvalue weighted by atomic mass is 10.0. The Balaban J connectivity index is 1.19. The van der Waals surface area contributed by atoms with Gasteiger partial charge in [-0.05, 0) is 107 Å². The molecule has 0 atom stereocenters. The zero-order valence-corrected chi connectivity index (χ0v) is 29.2. The number of aryl methyl sites for hydroxylation is 3. The van der Waals surface area contributed by atoms with E-state index in [0.717, 1.165) is 67.2 Å². The highest BCUT2D eigenvalue weighted by Gasteiger charge is 2.06. The minimum atomic E-state index is 0.980. The smallest absolute Gasteiger partial charge is 0.0705 e. The van der Waals surface area contributed by atoms with Gasteiger partial charge in [0.05, 0.1) is 17.1 Å². The normalized spacial score (nSPS) is 11.6. The predicted octanol–water partition coefficient (Wildman–Crippen LogP) is 12.3. The Morgan fingerprint density at radius 2 is 0.608 bits per heavy atom.